The average molecular weight is 514 g/mol. The van der Waals surface area contributed by atoms with E-state index >= 15 is 0 Å². The molecule has 188 valence electrons. The van der Waals surface area contributed by atoms with Gasteiger partial charge in [-0.1, -0.05) is 0 Å². The van der Waals surface area contributed by atoms with Gasteiger partial charge < -0.3 is 24.4 Å². The molecule has 0 atom stereocenters. The molecule has 0 spiro atoms. The highest BCUT2D eigenvalue weighted by molar-refractivity contribution is 5.94. The van der Waals surface area contributed by atoms with Crippen molar-refractivity contribution in [1.29, 1.82) is 0 Å². The van der Waals surface area contributed by atoms with Crippen molar-refractivity contribution in [3.05, 3.63) is 59.8 Å². The number of halogens is 1. The Morgan fingerprint density at radius 1 is 0.972 bits per heavy atom. The average Bonchev–Trinajstić information content (AvgIpc) is 3.37. The lowest BCUT2D eigenvalue weighted by Gasteiger charge is -2.26. The molecule has 12 heteroatoms. The summed E-state index contributed by atoms with van der Waals surface area (Å²) in [6, 6.07) is 14.0. The summed E-state index contributed by atoms with van der Waals surface area (Å²) in [7, 11) is 0. The fourth-order valence-corrected chi connectivity index (χ4v) is 3.81. The molecule has 0 aliphatic carbocycles. The van der Waals surface area contributed by atoms with Gasteiger partial charge in [-0.05, 0) is 42.5 Å². The summed E-state index contributed by atoms with van der Waals surface area (Å²) in [4.78, 5) is 35.3. The van der Waals surface area contributed by atoms with Crippen LogP contribution in [0, 0.1) is 0 Å². The van der Waals surface area contributed by atoms with Crippen LogP contribution < -0.4 is 20.3 Å². The highest BCUT2D eigenvalue weighted by Crippen LogP contribution is 2.35. The number of anilines is 2. The molecule has 0 bridgehead atoms. The zero-order valence-corrected chi connectivity index (χ0v) is 19.9. The minimum Gasteiger partial charge on any atom is -0.454 e. The molecule has 2 aliphatic heterocycles. The Hall–Kier alpha value is -3.93. The number of carbonyl (C=O) groups is 2. The number of fused-ring (bicyclic) bond motifs is 1. The third-order valence-corrected chi connectivity index (χ3v) is 5.58. The molecule has 2 aliphatic rings. The first-order valence-electron chi connectivity index (χ1n) is 11.0. The molecule has 3 aromatic rings. The molecule has 0 radical (unpaired) electrons. The maximum Gasteiger partial charge on any atom is 0.254 e. The van der Waals surface area contributed by atoms with Gasteiger partial charge in [-0.2, -0.15) is 0 Å². The maximum atomic E-state index is 12.7. The number of nitrogens with zero attached hydrogens (tertiary/aromatic N) is 3. The fraction of sp³-hybridized carbons (Fsp3) is 0.250. The van der Waals surface area contributed by atoms with E-state index in [1.54, 1.807) is 58.9 Å². The van der Waals surface area contributed by atoms with Crippen molar-refractivity contribution in [2.45, 2.75) is 6.42 Å². The van der Waals surface area contributed by atoms with Crippen LogP contribution in [0.3, 0.4) is 0 Å². The SMILES string of the molecule is Cl.O=C(Cc1cc(Nc2ccc(C(=O)N3CCOCC3)cc2)nc(-c2ccc3c(c2)OCO3)n1)NO. The number of rotatable bonds is 6. The normalized spacial score (nSPS) is 14.1. The van der Waals surface area contributed by atoms with E-state index in [1.165, 1.54) is 0 Å². The lowest BCUT2D eigenvalue weighted by molar-refractivity contribution is -0.128. The Morgan fingerprint density at radius 3 is 2.47 bits per heavy atom. The van der Waals surface area contributed by atoms with Gasteiger partial charge in [0.1, 0.15) is 5.82 Å². The molecular weight excluding hydrogens is 490 g/mol. The minimum absolute atomic E-state index is 0. The van der Waals surface area contributed by atoms with Crippen molar-refractivity contribution in [2.75, 3.05) is 38.4 Å². The summed E-state index contributed by atoms with van der Waals surface area (Å²) >= 11 is 0. The molecule has 1 fully saturated rings. The van der Waals surface area contributed by atoms with Gasteiger partial charge in [0.2, 0.25) is 12.7 Å². The highest BCUT2D eigenvalue weighted by atomic mass is 35.5. The lowest BCUT2D eigenvalue weighted by Crippen LogP contribution is -2.40. The smallest absolute Gasteiger partial charge is 0.254 e. The monoisotopic (exact) mass is 513 g/mol. The predicted octanol–water partition coefficient (Wildman–Crippen LogP) is 2.56. The van der Waals surface area contributed by atoms with Gasteiger partial charge in [-0.25, -0.2) is 15.4 Å². The number of morpholine rings is 1. The Bertz CT molecular complexity index is 1250. The van der Waals surface area contributed by atoms with E-state index in [1.807, 2.05) is 0 Å². The summed E-state index contributed by atoms with van der Waals surface area (Å²) in [5.41, 5.74) is 3.99. The molecule has 36 heavy (non-hydrogen) atoms. The van der Waals surface area contributed by atoms with Gasteiger partial charge in [-0.15, -0.1) is 12.4 Å². The van der Waals surface area contributed by atoms with Crippen molar-refractivity contribution < 1.29 is 29.0 Å². The van der Waals surface area contributed by atoms with E-state index in [9.17, 15) is 9.59 Å². The first-order valence-corrected chi connectivity index (χ1v) is 11.0. The van der Waals surface area contributed by atoms with Crippen LogP contribution in [0.2, 0.25) is 0 Å². The second-order valence-electron chi connectivity index (χ2n) is 7.95. The Balaban J connectivity index is 0.00000304. The quantitative estimate of drug-likeness (QED) is 0.335. The minimum atomic E-state index is -0.600. The number of ether oxygens (including phenoxy) is 3. The summed E-state index contributed by atoms with van der Waals surface area (Å²) in [5.74, 6) is 1.39. The molecule has 0 saturated carbocycles. The second-order valence-corrected chi connectivity index (χ2v) is 7.95. The van der Waals surface area contributed by atoms with E-state index in [4.69, 9.17) is 19.4 Å². The van der Waals surface area contributed by atoms with E-state index < -0.39 is 5.91 Å². The summed E-state index contributed by atoms with van der Waals surface area (Å²) < 4.78 is 16.1. The number of nitrogens with one attached hydrogen (secondary N) is 2. The number of aromatic nitrogens is 2. The fourth-order valence-electron chi connectivity index (χ4n) is 3.81. The largest absolute Gasteiger partial charge is 0.454 e. The van der Waals surface area contributed by atoms with Crippen molar-refractivity contribution in [3.63, 3.8) is 0 Å². The lowest BCUT2D eigenvalue weighted by atomic mass is 10.1. The topological polar surface area (TPSA) is 135 Å². The third-order valence-electron chi connectivity index (χ3n) is 5.58. The Morgan fingerprint density at radius 2 is 1.72 bits per heavy atom. The molecule has 2 aromatic carbocycles. The number of carbonyl (C=O) groups excluding carboxylic acids is 2. The number of hydroxylamine groups is 1. The van der Waals surface area contributed by atoms with Crippen LogP contribution in [0.4, 0.5) is 11.5 Å². The van der Waals surface area contributed by atoms with Crippen molar-refractivity contribution in [2.24, 2.45) is 0 Å². The van der Waals surface area contributed by atoms with Crippen LogP contribution in [0.25, 0.3) is 11.4 Å². The van der Waals surface area contributed by atoms with Crippen LogP contribution >= 0.6 is 12.4 Å². The number of hydrogen-bond acceptors (Lipinski definition) is 9. The van der Waals surface area contributed by atoms with Crippen LogP contribution in [0.15, 0.2) is 48.5 Å². The molecule has 2 amide bonds. The maximum absolute atomic E-state index is 12.7. The molecule has 3 N–H and O–H groups in total. The van der Waals surface area contributed by atoms with Gasteiger partial charge >= 0.3 is 0 Å². The first-order chi connectivity index (χ1) is 17.1. The summed E-state index contributed by atoms with van der Waals surface area (Å²) in [6.07, 6.45) is -0.141. The van der Waals surface area contributed by atoms with Gasteiger partial charge in [-0.3, -0.25) is 14.8 Å². The molecule has 5 rings (SSSR count). The van der Waals surface area contributed by atoms with E-state index in [-0.39, 0.29) is 31.5 Å². The zero-order valence-electron chi connectivity index (χ0n) is 19.1. The van der Waals surface area contributed by atoms with Gasteiger partial charge in [0.25, 0.3) is 5.91 Å². The predicted molar refractivity (Wildman–Crippen MR) is 131 cm³/mol. The van der Waals surface area contributed by atoms with Gasteiger partial charge in [0.15, 0.2) is 17.3 Å². The van der Waals surface area contributed by atoms with Gasteiger partial charge in [0, 0.05) is 36.0 Å². The Labute approximate surface area is 212 Å². The molecule has 11 nitrogen and oxygen atoms in total. The standard InChI is InChI=1S/C24H23N5O6.ClH/c30-22(28-32)13-18-12-21(27-23(26-18)16-3-6-19-20(11-16)35-14-34-19)25-17-4-1-15(2-5-17)24(31)29-7-9-33-10-8-29;/h1-6,11-12,32H,7-10,13-14H2,(H,28,30)(H,25,26,27);1H. The first kappa shape index (κ1) is 25.2. The van der Waals surface area contributed by atoms with Crippen LogP contribution in [0.1, 0.15) is 16.1 Å². The molecule has 0 unspecified atom stereocenters. The molecule has 1 aromatic heterocycles. The summed E-state index contributed by atoms with van der Waals surface area (Å²) in [6.45, 7) is 2.38. The third kappa shape index (κ3) is 5.65. The van der Waals surface area contributed by atoms with Crippen molar-refractivity contribution >= 4 is 35.7 Å². The van der Waals surface area contributed by atoms with E-state index in [0.717, 1.165) is 0 Å². The number of amides is 2. The molecular formula is C24H24ClN5O6. The van der Waals surface area contributed by atoms with E-state index in [0.29, 0.717) is 72.0 Å². The highest BCUT2D eigenvalue weighted by Gasteiger charge is 2.19. The van der Waals surface area contributed by atoms with Crippen LogP contribution in [0.5, 0.6) is 11.5 Å². The molecule has 1 saturated heterocycles. The second kappa shape index (κ2) is 11.2. The number of benzene rings is 2. The Kier molecular flexibility index (Phi) is 7.84. The van der Waals surface area contributed by atoms with Crippen molar-refractivity contribution in [3.8, 4) is 22.9 Å². The number of hydrogen-bond donors (Lipinski definition) is 3. The summed E-state index contributed by atoms with van der Waals surface area (Å²) in [5, 5.41) is 12.1. The van der Waals surface area contributed by atoms with Crippen LogP contribution in [-0.2, 0) is 16.0 Å². The zero-order chi connectivity index (χ0) is 24.2. The molecule has 3 heterocycles. The van der Waals surface area contributed by atoms with Crippen LogP contribution in [-0.4, -0.2) is 65.0 Å². The van der Waals surface area contributed by atoms with Crippen molar-refractivity contribution in [1.82, 2.24) is 20.3 Å². The van der Waals surface area contributed by atoms with Gasteiger partial charge in [0.05, 0.1) is 25.3 Å². The van der Waals surface area contributed by atoms with E-state index in [2.05, 4.69) is 15.3 Å².